The molecular formula is C19H27NO5. The molecule has 0 saturated heterocycles. The molecule has 0 aromatic heterocycles. The summed E-state index contributed by atoms with van der Waals surface area (Å²) in [6.07, 6.45) is 0.722. The van der Waals surface area contributed by atoms with Gasteiger partial charge in [-0.05, 0) is 43.5 Å². The Labute approximate surface area is 148 Å². The molecule has 0 aliphatic rings. The molecule has 6 heteroatoms. The van der Waals surface area contributed by atoms with E-state index in [2.05, 4.69) is 5.32 Å². The van der Waals surface area contributed by atoms with Crippen LogP contribution >= 0.6 is 0 Å². The van der Waals surface area contributed by atoms with Gasteiger partial charge in [0.2, 0.25) is 5.91 Å². The largest absolute Gasteiger partial charge is 0.497 e. The lowest BCUT2D eigenvalue weighted by molar-refractivity contribution is -0.139. The summed E-state index contributed by atoms with van der Waals surface area (Å²) in [6, 6.07) is 6.84. The number of amides is 1. The fourth-order valence-corrected chi connectivity index (χ4v) is 2.42. The Kier molecular flexibility index (Phi) is 7.61. The van der Waals surface area contributed by atoms with Crippen molar-refractivity contribution in [3.63, 3.8) is 0 Å². The number of carboxylic acid groups (broad SMARTS) is 1. The first-order valence-corrected chi connectivity index (χ1v) is 8.38. The van der Waals surface area contributed by atoms with Gasteiger partial charge in [-0.2, -0.15) is 0 Å². The van der Waals surface area contributed by atoms with Gasteiger partial charge in [-0.15, -0.1) is 0 Å². The smallest absolute Gasteiger partial charge is 0.305 e. The number of methoxy groups -OCH3 is 1. The van der Waals surface area contributed by atoms with E-state index >= 15 is 0 Å². The second-order valence-electron chi connectivity index (χ2n) is 6.70. The van der Waals surface area contributed by atoms with Crippen molar-refractivity contribution in [2.45, 2.75) is 52.0 Å². The molecule has 1 unspecified atom stereocenters. The van der Waals surface area contributed by atoms with Crippen LogP contribution in [0.25, 0.3) is 0 Å². The number of Topliss-reactive ketones (excluding diaryl/α,β-unsaturated/α-hetero) is 1. The molecule has 25 heavy (non-hydrogen) atoms. The molecule has 1 amide bonds. The molecule has 1 atom stereocenters. The van der Waals surface area contributed by atoms with E-state index in [1.807, 2.05) is 13.8 Å². The minimum Gasteiger partial charge on any atom is -0.497 e. The second-order valence-corrected chi connectivity index (χ2v) is 6.70. The fraction of sp³-hybridized carbons (Fsp3) is 0.526. The van der Waals surface area contributed by atoms with Crippen molar-refractivity contribution in [1.29, 1.82) is 0 Å². The van der Waals surface area contributed by atoms with E-state index < -0.39 is 11.5 Å². The average molecular weight is 349 g/mol. The summed E-state index contributed by atoms with van der Waals surface area (Å²) >= 11 is 0. The summed E-state index contributed by atoms with van der Waals surface area (Å²) in [5, 5.41) is 11.8. The van der Waals surface area contributed by atoms with Crippen molar-refractivity contribution >= 4 is 17.7 Å². The van der Waals surface area contributed by atoms with E-state index in [1.165, 1.54) is 0 Å². The van der Waals surface area contributed by atoms with Crippen LogP contribution < -0.4 is 10.1 Å². The van der Waals surface area contributed by atoms with Gasteiger partial charge in [-0.1, -0.05) is 13.8 Å². The molecule has 2 N–H and O–H groups in total. The Bertz CT molecular complexity index is 609. The molecule has 1 aromatic carbocycles. The van der Waals surface area contributed by atoms with Gasteiger partial charge in [0.05, 0.1) is 13.5 Å². The molecule has 0 aliphatic heterocycles. The number of aliphatic carboxylic acids is 1. The lowest BCUT2D eigenvalue weighted by Gasteiger charge is -2.33. The molecule has 6 nitrogen and oxygen atoms in total. The van der Waals surface area contributed by atoms with Crippen molar-refractivity contribution < 1.29 is 24.2 Å². The molecule has 0 spiro atoms. The van der Waals surface area contributed by atoms with Crippen LogP contribution in [0.15, 0.2) is 24.3 Å². The van der Waals surface area contributed by atoms with Gasteiger partial charge >= 0.3 is 5.97 Å². The van der Waals surface area contributed by atoms with Crippen LogP contribution in [-0.4, -0.2) is 35.4 Å². The highest BCUT2D eigenvalue weighted by Crippen LogP contribution is 2.21. The zero-order valence-corrected chi connectivity index (χ0v) is 15.3. The molecule has 138 valence electrons. The highest BCUT2D eigenvalue weighted by atomic mass is 16.5. The van der Waals surface area contributed by atoms with Crippen LogP contribution in [0.4, 0.5) is 0 Å². The third kappa shape index (κ3) is 6.57. The zero-order valence-electron chi connectivity index (χ0n) is 15.3. The van der Waals surface area contributed by atoms with Crippen molar-refractivity contribution in [3.8, 4) is 5.75 Å². The Hall–Kier alpha value is -2.37. The van der Waals surface area contributed by atoms with Crippen molar-refractivity contribution in [2.24, 2.45) is 5.92 Å². The number of ether oxygens (including phenoxy) is 1. The monoisotopic (exact) mass is 349 g/mol. The number of carboxylic acids is 1. The molecule has 1 aromatic rings. The number of nitrogens with one attached hydrogen (secondary N) is 1. The molecule has 0 aliphatic carbocycles. The SMILES string of the molecule is COc1ccc(C(=O)CCCC(=O)NC(C)(CC(=O)O)C(C)C)cc1. The summed E-state index contributed by atoms with van der Waals surface area (Å²) in [5.41, 5.74) is -0.220. The van der Waals surface area contributed by atoms with Crippen molar-refractivity contribution in [3.05, 3.63) is 29.8 Å². The Morgan fingerprint density at radius 2 is 1.76 bits per heavy atom. The van der Waals surface area contributed by atoms with Gasteiger partial charge < -0.3 is 15.2 Å². The van der Waals surface area contributed by atoms with Crippen LogP contribution in [0.5, 0.6) is 5.75 Å². The quantitative estimate of drug-likeness (QED) is 0.633. The number of carbonyl (C=O) groups excluding carboxylic acids is 2. The number of hydrogen-bond donors (Lipinski definition) is 2. The maximum atomic E-state index is 12.1. The molecule has 1 rings (SSSR count). The van der Waals surface area contributed by atoms with Gasteiger partial charge in [-0.25, -0.2) is 0 Å². The predicted molar refractivity (Wildman–Crippen MR) is 94.8 cm³/mol. The van der Waals surface area contributed by atoms with Gasteiger partial charge in [-0.3, -0.25) is 14.4 Å². The number of carbonyl (C=O) groups is 3. The predicted octanol–water partition coefficient (Wildman–Crippen LogP) is 3.05. The molecule has 0 fully saturated rings. The summed E-state index contributed by atoms with van der Waals surface area (Å²) in [4.78, 5) is 35.2. The van der Waals surface area contributed by atoms with Gasteiger partial charge in [0.15, 0.2) is 5.78 Å². The van der Waals surface area contributed by atoms with Gasteiger partial charge in [0.25, 0.3) is 0 Å². The first-order valence-electron chi connectivity index (χ1n) is 8.38. The number of ketones is 1. The summed E-state index contributed by atoms with van der Waals surface area (Å²) < 4.78 is 5.05. The maximum Gasteiger partial charge on any atom is 0.305 e. The molecule has 0 heterocycles. The van der Waals surface area contributed by atoms with Crippen LogP contribution in [0.2, 0.25) is 0 Å². The second kappa shape index (κ2) is 9.20. The van der Waals surface area contributed by atoms with E-state index in [0.717, 1.165) is 0 Å². The molecule has 0 bridgehead atoms. The lowest BCUT2D eigenvalue weighted by atomic mass is 9.85. The van der Waals surface area contributed by atoms with Crippen LogP contribution in [0, 0.1) is 5.92 Å². The topological polar surface area (TPSA) is 92.7 Å². The third-order valence-corrected chi connectivity index (χ3v) is 4.44. The van der Waals surface area contributed by atoms with E-state index in [-0.39, 0.29) is 36.9 Å². The number of rotatable bonds is 10. The van der Waals surface area contributed by atoms with Crippen LogP contribution in [0.3, 0.4) is 0 Å². The van der Waals surface area contributed by atoms with Gasteiger partial charge in [0, 0.05) is 23.9 Å². The Morgan fingerprint density at radius 3 is 2.24 bits per heavy atom. The standard InChI is InChI=1S/C19H27NO5/c1-13(2)19(3,12-18(23)24)20-17(22)7-5-6-16(21)14-8-10-15(25-4)11-9-14/h8-11,13H,5-7,12H2,1-4H3,(H,20,22)(H,23,24). The van der Waals surface area contributed by atoms with E-state index in [9.17, 15) is 14.4 Å². The summed E-state index contributed by atoms with van der Waals surface area (Å²) in [7, 11) is 1.56. The highest BCUT2D eigenvalue weighted by molar-refractivity contribution is 5.96. The van der Waals surface area contributed by atoms with Crippen LogP contribution in [0.1, 0.15) is 56.8 Å². The van der Waals surface area contributed by atoms with Crippen molar-refractivity contribution in [1.82, 2.24) is 5.32 Å². The number of benzene rings is 1. The first kappa shape index (κ1) is 20.7. The van der Waals surface area contributed by atoms with Crippen LogP contribution in [-0.2, 0) is 9.59 Å². The minimum absolute atomic E-state index is 0.0199. The Balaban J connectivity index is 2.49. The normalized spacial score (nSPS) is 13.2. The average Bonchev–Trinajstić information content (AvgIpc) is 2.53. The Morgan fingerprint density at radius 1 is 1.16 bits per heavy atom. The lowest BCUT2D eigenvalue weighted by Crippen LogP contribution is -2.51. The van der Waals surface area contributed by atoms with Crippen molar-refractivity contribution in [2.75, 3.05) is 7.11 Å². The number of hydrogen-bond acceptors (Lipinski definition) is 4. The highest BCUT2D eigenvalue weighted by Gasteiger charge is 2.32. The first-order chi connectivity index (χ1) is 11.7. The van der Waals surface area contributed by atoms with E-state index in [4.69, 9.17) is 9.84 Å². The van der Waals surface area contributed by atoms with Gasteiger partial charge in [0.1, 0.15) is 5.75 Å². The summed E-state index contributed by atoms with van der Waals surface area (Å²) in [6.45, 7) is 5.47. The molecule has 0 saturated carbocycles. The molecular weight excluding hydrogens is 322 g/mol. The fourth-order valence-electron chi connectivity index (χ4n) is 2.42. The van der Waals surface area contributed by atoms with E-state index in [0.29, 0.717) is 17.7 Å². The van der Waals surface area contributed by atoms with E-state index in [1.54, 1.807) is 38.3 Å². The molecule has 0 radical (unpaired) electrons. The maximum absolute atomic E-state index is 12.1. The summed E-state index contributed by atoms with van der Waals surface area (Å²) in [5.74, 6) is -0.561. The minimum atomic E-state index is -0.953. The zero-order chi connectivity index (χ0) is 19.0. The third-order valence-electron chi connectivity index (χ3n) is 4.44.